The van der Waals surface area contributed by atoms with Crippen molar-refractivity contribution in [1.82, 2.24) is 0 Å². The minimum atomic E-state index is -0.466. The van der Waals surface area contributed by atoms with E-state index in [1.165, 1.54) is 6.07 Å². The van der Waals surface area contributed by atoms with Crippen LogP contribution in [0.2, 0.25) is 5.02 Å². The van der Waals surface area contributed by atoms with E-state index in [9.17, 15) is 9.18 Å². The summed E-state index contributed by atoms with van der Waals surface area (Å²) >= 11 is 9.11. The summed E-state index contributed by atoms with van der Waals surface area (Å²) in [6.07, 6.45) is 0.914. The molecule has 0 unspecified atom stereocenters. The van der Waals surface area contributed by atoms with Gasteiger partial charge in [-0.05, 0) is 52.2 Å². The lowest BCUT2D eigenvalue weighted by molar-refractivity contribution is 0.102. The number of rotatable bonds is 3. The number of carbonyl (C=O) groups is 1. The van der Waals surface area contributed by atoms with Crippen LogP contribution in [0, 0.1) is 5.82 Å². The Balaban J connectivity index is 2.23. The maximum atomic E-state index is 13.1. The molecule has 0 spiro atoms. The van der Waals surface area contributed by atoms with Crippen LogP contribution < -0.4 is 5.32 Å². The van der Waals surface area contributed by atoms with Gasteiger partial charge < -0.3 is 5.32 Å². The molecule has 5 heteroatoms. The largest absolute Gasteiger partial charge is 0.320 e. The molecule has 0 aliphatic heterocycles. The van der Waals surface area contributed by atoms with Gasteiger partial charge in [0.15, 0.2) is 0 Å². The van der Waals surface area contributed by atoms with Crippen molar-refractivity contribution in [2.24, 2.45) is 0 Å². The molecule has 0 radical (unpaired) electrons. The maximum absolute atomic E-state index is 13.1. The second-order valence-corrected chi connectivity index (χ2v) is 5.51. The van der Waals surface area contributed by atoms with Crippen molar-refractivity contribution < 1.29 is 9.18 Å². The molecule has 0 bridgehead atoms. The molecule has 0 fully saturated rings. The van der Waals surface area contributed by atoms with Crippen LogP contribution in [0.15, 0.2) is 40.9 Å². The van der Waals surface area contributed by atoms with E-state index in [1.807, 2.05) is 19.1 Å². The number of hydrogen-bond donors (Lipinski definition) is 1. The number of halogens is 3. The van der Waals surface area contributed by atoms with Crippen molar-refractivity contribution in [3.63, 3.8) is 0 Å². The number of aryl methyl sites for hydroxylation is 1. The van der Waals surface area contributed by atoms with Crippen LogP contribution in [0.1, 0.15) is 22.8 Å². The fourth-order valence-electron chi connectivity index (χ4n) is 1.74. The summed E-state index contributed by atoms with van der Waals surface area (Å²) in [6.45, 7) is 2.05. The van der Waals surface area contributed by atoms with Gasteiger partial charge in [0.25, 0.3) is 5.91 Å². The van der Waals surface area contributed by atoms with E-state index in [1.54, 1.807) is 12.1 Å². The number of hydrogen-bond acceptors (Lipinski definition) is 1. The van der Waals surface area contributed by atoms with Gasteiger partial charge in [-0.15, -0.1) is 0 Å². The number of nitrogens with one attached hydrogen (secondary N) is 1. The maximum Gasteiger partial charge on any atom is 0.255 e. The summed E-state index contributed by atoms with van der Waals surface area (Å²) in [5, 5.41) is 2.82. The highest BCUT2D eigenvalue weighted by Crippen LogP contribution is 2.32. The number of benzene rings is 2. The molecule has 0 aliphatic carbocycles. The lowest BCUT2D eigenvalue weighted by Gasteiger charge is -2.10. The Kier molecular flexibility index (Phi) is 4.78. The summed E-state index contributed by atoms with van der Waals surface area (Å²) in [5.74, 6) is -0.756. The first-order valence-electron chi connectivity index (χ1n) is 6.06. The van der Waals surface area contributed by atoms with Gasteiger partial charge >= 0.3 is 0 Å². The standard InChI is InChI=1S/C15H12BrClFNO/c1-2-9-3-5-10(6-4-9)15(20)19-14-12(16)7-11(18)8-13(14)17/h3-8H,2H2,1H3,(H,19,20). The molecule has 1 N–H and O–H groups in total. The third kappa shape index (κ3) is 3.38. The van der Waals surface area contributed by atoms with E-state index in [-0.39, 0.29) is 10.9 Å². The number of carbonyl (C=O) groups excluding carboxylic acids is 1. The Hall–Kier alpha value is -1.39. The first-order valence-corrected chi connectivity index (χ1v) is 7.23. The smallest absolute Gasteiger partial charge is 0.255 e. The van der Waals surface area contributed by atoms with Gasteiger partial charge in [-0.3, -0.25) is 4.79 Å². The lowest BCUT2D eigenvalue weighted by atomic mass is 10.1. The molecule has 0 saturated carbocycles. The zero-order valence-electron chi connectivity index (χ0n) is 10.7. The molecular formula is C15H12BrClFNO. The predicted octanol–water partition coefficient (Wildman–Crippen LogP) is 5.06. The summed E-state index contributed by atoms with van der Waals surface area (Å²) in [6, 6.07) is 9.70. The van der Waals surface area contributed by atoms with E-state index < -0.39 is 5.82 Å². The summed E-state index contributed by atoms with van der Waals surface area (Å²) in [7, 11) is 0. The molecular weight excluding hydrogens is 345 g/mol. The van der Waals surface area contributed by atoms with Crippen LogP contribution in [0.25, 0.3) is 0 Å². The van der Waals surface area contributed by atoms with Gasteiger partial charge in [-0.1, -0.05) is 30.7 Å². The summed E-state index contributed by atoms with van der Waals surface area (Å²) in [4.78, 5) is 12.1. The van der Waals surface area contributed by atoms with E-state index in [2.05, 4.69) is 21.2 Å². The van der Waals surface area contributed by atoms with Gasteiger partial charge in [-0.25, -0.2) is 4.39 Å². The normalized spacial score (nSPS) is 10.4. The first-order chi connectivity index (χ1) is 9.51. The highest BCUT2D eigenvalue weighted by atomic mass is 79.9. The molecule has 1 amide bonds. The highest BCUT2D eigenvalue weighted by Gasteiger charge is 2.12. The first kappa shape index (κ1) is 15.0. The van der Waals surface area contributed by atoms with Gasteiger partial charge in [0.1, 0.15) is 5.82 Å². The quantitative estimate of drug-likeness (QED) is 0.818. The monoisotopic (exact) mass is 355 g/mol. The molecule has 104 valence electrons. The molecule has 0 atom stereocenters. The van der Waals surface area contributed by atoms with Gasteiger partial charge in [-0.2, -0.15) is 0 Å². The third-order valence-corrected chi connectivity index (χ3v) is 3.79. The van der Waals surface area contributed by atoms with E-state index in [0.29, 0.717) is 15.7 Å². The van der Waals surface area contributed by atoms with Gasteiger partial charge in [0.05, 0.1) is 10.7 Å². The Morgan fingerprint density at radius 1 is 1.30 bits per heavy atom. The zero-order chi connectivity index (χ0) is 14.7. The van der Waals surface area contributed by atoms with E-state index in [4.69, 9.17) is 11.6 Å². The predicted molar refractivity (Wildman–Crippen MR) is 82.9 cm³/mol. The Labute approximate surface area is 130 Å². The number of amides is 1. The zero-order valence-corrected chi connectivity index (χ0v) is 13.1. The average molecular weight is 357 g/mol. The van der Waals surface area contributed by atoms with Crippen LogP contribution >= 0.6 is 27.5 Å². The minimum Gasteiger partial charge on any atom is -0.320 e. The van der Waals surface area contributed by atoms with Crippen LogP contribution in [0.5, 0.6) is 0 Å². The molecule has 2 rings (SSSR count). The van der Waals surface area contributed by atoms with Gasteiger partial charge in [0, 0.05) is 10.0 Å². The van der Waals surface area contributed by atoms with Crippen LogP contribution in [0.4, 0.5) is 10.1 Å². The molecule has 20 heavy (non-hydrogen) atoms. The molecule has 2 nitrogen and oxygen atoms in total. The molecule has 0 saturated heterocycles. The van der Waals surface area contributed by atoms with Crippen molar-refractivity contribution in [3.8, 4) is 0 Å². The van der Waals surface area contributed by atoms with Crippen molar-refractivity contribution in [2.75, 3.05) is 5.32 Å². The van der Waals surface area contributed by atoms with E-state index in [0.717, 1.165) is 18.1 Å². The third-order valence-electron chi connectivity index (χ3n) is 2.87. The fraction of sp³-hybridized carbons (Fsp3) is 0.133. The van der Waals surface area contributed by atoms with Gasteiger partial charge in [0.2, 0.25) is 0 Å². The Morgan fingerprint density at radius 2 is 1.95 bits per heavy atom. The fourth-order valence-corrected chi connectivity index (χ4v) is 2.64. The van der Waals surface area contributed by atoms with Crippen molar-refractivity contribution in [2.45, 2.75) is 13.3 Å². The second kappa shape index (κ2) is 6.37. The van der Waals surface area contributed by atoms with Crippen molar-refractivity contribution >= 4 is 39.1 Å². The Bertz CT molecular complexity index is 620. The molecule has 0 aliphatic rings. The summed E-state index contributed by atoms with van der Waals surface area (Å²) in [5.41, 5.74) is 2.04. The Morgan fingerprint density at radius 3 is 2.50 bits per heavy atom. The second-order valence-electron chi connectivity index (χ2n) is 4.25. The topological polar surface area (TPSA) is 29.1 Å². The summed E-state index contributed by atoms with van der Waals surface area (Å²) < 4.78 is 13.5. The molecule has 0 aromatic heterocycles. The lowest BCUT2D eigenvalue weighted by Crippen LogP contribution is -2.12. The van der Waals surface area contributed by atoms with Crippen LogP contribution in [0.3, 0.4) is 0 Å². The van der Waals surface area contributed by atoms with Crippen LogP contribution in [-0.4, -0.2) is 5.91 Å². The average Bonchev–Trinajstić information content (AvgIpc) is 2.42. The van der Waals surface area contributed by atoms with Crippen molar-refractivity contribution in [3.05, 3.63) is 62.8 Å². The molecule has 2 aromatic carbocycles. The molecule has 2 aromatic rings. The molecule has 0 heterocycles. The van der Waals surface area contributed by atoms with Crippen molar-refractivity contribution in [1.29, 1.82) is 0 Å². The minimum absolute atomic E-state index is 0.149. The van der Waals surface area contributed by atoms with Crippen LogP contribution in [-0.2, 0) is 6.42 Å². The SMILES string of the molecule is CCc1ccc(C(=O)Nc2c(Cl)cc(F)cc2Br)cc1. The number of anilines is 1. The van der Waals surface area contributed by atoms with E-state index >= 15 is 0 Å². The highest BCUT2D eigenvalue weighted by molar-refractivity contribution is 9.10.